The van der Waals surface area contributed by atoms with Gasteiger partial charge in [-0.15, -0.1) is 0 Å². The van der Waals surface area contributed by atoms with Crippen LogP contribution in [0, 0.1) is 6.13 Å². The summed E-state index contributed by atoms with van der Waals surface area (Å²) in [5.74, 6) is 0. The van der Waals surface area contributed by atoms with Gasteiger partial charge in [-0.2, -0.15) is 0 Å². The quantitative estimate of drug-likeness (QED) is 0.521. The average molecular weight is 215 g/mol. The summed E-state index contributed by atoms with van der Waals surface area (Å²) in [6, 6.07) is 0.143. The number of hydrogen-bond donors (Lipinski definition) is 2. The van der Waals surface area contributed by atoms with E-state index in [9.17, 15) is 0 Å². The molecule has 0 saturated heterocycles. The fourth-order valence-corrected chi connectivity index (χ4v) is 1.65. The summed E-state index contributed by atoms with van der Waals surface area (Å²) in [6.45, 7) is 0. The SMILES string of the molecule is C#[P+]CC(N)C=CC(N)CCP=C. The first-order valence-corrected chi connectivity index (χ1v) is 6.60. The first-order chi connectivity index (χ1) is 6.20. The van der Waals surface area contributed by atoms with Crippen molar-refractivity contribution in [1.82, 2.24) is 0 Å². The molecule has 0 aliphatic heterocycles. The predicted molar refractivity (Wildman–Crippen MR) is 65.3 cm³/mol. The Morgan fingerprint density at radius 3 is 2.54 bits per heavy atom. The van der Waals surface area contributed by atoms with Crippen LogP contribution in [0.4, 0.5) is 0 Å². The van der Waals surface area contributed by atoms with Crippen molar-refractivity contribution in [2.24, 2.45) is 11.5 Å². The molecule has 4 N–H and O–H groups in total. The Bertz CT molecular complexity index is 208. The third-order valence-electron chi connectivity index (χ3n) is 1.54. The summed E-state index contributed by atoms with van der Waals surface area (Å²) < 4.78 is 0. The number of nitrogens with two attached hydrogens (primary N) is 2. The van der Waals surface area contributed by atoms with Crippen molar-refractivity contribution in [2.75, 3.05) is 12.3 Å². The molecule has 0 aromatic carbocycles. The van der Waals surface area contributed by atoms with Crippen LogP contribution in [0.15, 0.2) is 12.2 Å². The van der Waals surface area contributed by atoms with Crippen molar-refractivity contribution in [2.45, 2.75) is 18.5 Å². The fraction of sp³-hybridized carbons (Fsp3) is 0.556. The summed E-state index contributed by atoms with van der Waals surface area (Å²) >= 11 is 0. The van der Waals surface area contributed by atoms with Crippen molar-refractivity contribution in [3.05, 3.63) is 12.2 Å². The maximum absolute atomic E-state index is 5.80. The van der Waals surface area contributed by atoms with Gasteiger partial charge >= 0.3 is 83.1 Å². The summed E-state index contributed by atoms with van der Waals surface area (Å²) in [5.41, 5.74) is 11.5. The Labute approximate surface area is 83.7 Å². The van der Waals surface area contributed by atoms with Gasteiger partial charge in [0.1, 0.15) is 0 Å². The molecule has 0 amide bonds. The first kappa shape index (κ1) is 13.0. The van der Waals surface area contributed by atoms with Crippen molar-refractivity contribution in [3.63, 3.8) is 0 Å². The molecule has 2 atom stereocenters. The second-order valence-corrected chi connectivity index (χ2v) is 4.44. The summed E-state index contributed by atoms with van der Waals surface area (Å²) in [4.78, 5) is 0. The zero-order chi connectivity index (χ0) is 10.1. The molecule has 0 aromatic heterocycles. The van der Waals surface area contributed by atoms with Gasteiger partial charge in [-0.1, -0.05) is 0 Å². The van der Waals surface area contributed by atoms with Crippen LogP contribution in [-0.2, 0) is 0 Å². The summed E-state index contributed by atoms with van der Waals surface area (Å²) in [7, 11) is 1.98. The van der Waals surface area contributed by atoms with E-state index in [-0.39, 0.29) is 12.1 Å². The van der Waals surface area contributed by atoms with E-state index in [2.05, 4.69) is 6.30 Å². The topological polar surface area (TPSA) is 52.0 Å². The van der Waals surface area contributed by atoms with E-state index in [1.54, 1.807) is 0 Å². The molecule has 0 bridgehead atoms. The standard InChI is InChI=1S/C9H17N2P2/c1-12-6-5-8(10)3-4-9(11)7-13-2/h2-4,8-9H,1,5-7,10-11H2/q+1. The molecular weight excluding hydrogens is 198 g/mol. The Morgan fingerprint density at radius 2 is 2.00 bits per heavy atom. The minimum atomic E-state index is 0.0371. The Balaban J connectivity index is 3.69. The molecule has 2 nitrogen and oxygen atoms in total. The molecular formula is C9H17N2P2+. The fourth-order valence-electron chi connectivity index (χ4n) is 0.805. The van der Waals surface area contributed by atoms with Gasteiger partial charge in [0.05, 0.1) is 0 Å². The third-order valence-corrected chi connectivity index (χ3v) is 2.75. The van der Waals surface area contributed by atoms with Gasteiger partial charge in [0, 0.05) is 0 Å². The summed E-state index contributed by atoms with van der Waals surface area (Å²) in [5, 5.41) is 0. The van der Waals surface area contributed by atoms with Gasteiger partial charge in [0.2, 0.25) is 0 Å². The van der Waals surface area contributed by atoms with E-state index in [1.807, 2.05) is 12.2 Å². The van der Waals surface area contributed by atoms with Crippen LogP contribution in [-0.4, -0.2) is 30.7 Å². The predicted octanol–water partition coefficient (Wildman–Crippen LogP) is 1.50. The van der Waals surface area contributed by atoms with E-state index >= 15 is 0 Å². The average Bonchev–Trinajstić information content (AvgIpc) is 2.12. The van der Waals surface area contributed by atoms with Crippen LogP contribution in [0.2, 0.25) is 0 Å². The zero-order valence-corrected chi connectivity index (χ0v) is 9.55. The van der Waals surface area contributed by atoms with Crippen LogP contribution in [0.1, 0.15) is 6.42 Å². The van der Waals surface area contributed by atoms with Crippen LogP contribution in [0.5, 0.6) is 0 Å². The van der Waals surface area contributed by atoms with Crippen molar-refractivity contribution < 1.29 is 0 Å². The van der Waals surface area contributed by atoms with Crippen LogP contribution in [0.25, 0.3) is 0 Å². The van der Waals surface area contributed by atoms with Gasteiger partial charge in [-0.05, 0) is 0 Å². The van der Waals surface area contributed by atoms with Crippen LogP contribution >= 0.6 is 16.2 Å². The van der Waals surface area contributed by atoms with E-state index in [1.165, 1.54) is 0 Å². The number of rotatable bonds is 6. The molecule has 72 valence electrons. The normalized spacial score (nSPS) is 16.1. The summed E-state index contributed by atoms with van der Waals surface area (Å²) in [6.07, 6.45) is 15.8. The molecule has 0 aliphatic rings. The second kappa shape index (κ2) is 8.63. The maximum atomic E-state index is 5.80. The van der Waals surface area contributed by atoms with E-state index in [0.29, 0.717) is 0 Å². The van der Waals surface area contributed by atoms with Gasteiger partial charge in [-0.25, -0.2) is 0 Å². The monoisotopic (exact) mass is 215 g/mol. The Kier molecular flexibility index (Phi) is 8.66. The molecule has 0 aliphatic carbocycles. The Hall–Kier alpha value is 0.0400. The van der Waals surface area contributed by atoms with E-state index in [0.717, 1.165) is 35.0 Å². The van der Waals surface area contributed by atoms with Gasteiger partial charge in [0.15, 0.2) is 0 Å². The van der Waals surface area contributed by atoms with E-state index < -0.39 is 0 Å². The van der Waals surface area contributed by atoms with Gasteiger partial charge in [-0.3, -0.25) is 0 Å². The van der Waals surface area contributed by atoms with Crippen LogP contribution in [0.3, 0.4) is 0 Å². The van der Waals surface area contributed by atoms with Crippen molar-refractivity contribution in [3.8, 4) is 6.13 Å². The van der Waals surface area contributed by atoms with Crippen LogP contribution < -0.4 is 11.5 Å². The van der Waals surface area contributed by atoms with Crippen molar-refractivity contribution >= 4 is 22.5 Å². The molecule has 2 unspecified atom stereocenters. The molecule has 0 heterocycles. The van der Waals surface area contributed by atoms with Gasteiger partial charge in [0.25, 0.3) is 0 Å². The molecule has 0 saturated carbocycles. The Morgan fingerprint density at radius 1 is 1.38 bits per heavy atom. The first-order valence-electron chi connectivity index (χ1n) is 4.19. The molecule has 0 spiro atoms. The molecule has 0 fully saturated rings. The zero-order valence-electron chi connectivity index (χ0n) is 7.76. The van der Waals surface area contributed by atoms with E-state index in [4.69, 9.17) is 17.6 Å². The molecule has 0 aromatic rings. The molecule has 4 heteroatoms. The third kappa shape index (κ3) is 8.37. The second-order valence-electron chi connectivity index (χ2n) is 2.81. The van der Waals surface area contributed by atoms with Gasteiger partial charge < -0.3 is 0 Å². The molecule has 0 rings (SSSR count). The minimum absolute atomic E-state index is 0.0371. The molecule has 13 heavy (non-hydrogen) atoms. The molecule has 0 radical (unpaired) electrons. The van der Waals surface area contributed by atoms with Crippen molar-refractivity contribution in [1.29, 1.82) is 0 Å². The number of hydrogen-bond acceptors (Lipinski definition) is 2.